The Morgan fingerprint density at radius 3 is 2.50 bits per heavy atom. The van der Waals surface area contributed by atoms with Gasteiger partial charge in [0.25, 0.3) is 0 Å². The molecule has 5 N–H and O–H groups in total. The van der Waals surface area contributed by atoms with Crippen molar-refractivity contribution in [2.24, 2.45) is 0 Å². The smallest absolute Gasteiger partial charge is 0.149 e. The van der Waals surface area contributed by atoms with E-state index in [2.05, 4.69) is 10.3 Å². The minimum atomic E-state index is -0.767. The van der Waals surface area contributed by atoms with Crippen LogP contribution < -0.4 is 11.1 Å². The SMILES string of the molecule is CCC(CO)(CO)Nc1ncc(C)cc1N. The van der Waals surface area contributed by atoms with E-state index in [-0.39, 0.29) is 13.2 Å². The molecule has 0 saturated carbocycles. The summed E-state index contributed by atoms with van der Waals surface area (Å²) in [5.74, 6) is 0.496. The van der Waals surface area contributed by atoms with Crippen LogP contribution in [0.3, 0.4) is 0 Å². The van der Waals surface area contributed by atoms with Gasteiger partial charge in [-0.1, -0.05) is 6.92 Å². The second-order valence-electron chi connectivity index (χ2n) is 4.03. The number of hydrogen-bond acceptors (Lipinski definition) is 5. The van der Waals surface area contributed by atoms with Gasteiger partial charge in [0.05, 0.1) is 24.4 Å². The number of anilines is 2. The number of pyridine rings is 1. The number of nitrogens with two attached hydrogens (primary N) is 1. The van der Waals surface area contributed by atoms with Crippen LogP contribution in [0.1, 0.15) is 18.9 Å². The van der Waals surface area contributed by atoms with Crippen molar-refractivity contribution in [1.29, 1.82) is 0 Å². The second-order valence-corrected chi connectivity index (χ2v) is 4.03. The average molecular weight is 225 g/mol. The third kappa shape index (κ3) is 2.62. The largest absolute Gasteiger partial charge is 0.396 e. The van der Waals surface area contributed by atoms with Gasteiger partial charge in [0.15, 0.2) is 0 Å². The molecule has 0 amide bonds. The maximum absolute atomic E-state index is 9.29. The Hall–Kier alpha value is -1.33. The van der Waals surface area contributed by atoms with Crippen LogP contribution in [-0.2, 0) is 0 Å². The molecule has 0 atom stereocenters. The standard InChI is InChI=1S/C11H19N3O2/c1-3-11(6-15,7-16)14-10-9(12)4-8(2)5-13-10/h4-5,15-16H,3,6-7,12H2,1-2H3,(H,13,14). The highest BCUT2D eigenvalue weighted by Crippen LogP contribution is 2.22. The zero-order valence-electron chi connectivity index (χ0n) is 9.70. The number of nitrogens with zero attached hydrogens (tertiary/aromatic N) is 1. The number of hydrogen-bond donors (Lipinski definition) is 4. The molecule has 0 spiro atoms. The van der Waals surface area contributed by atoms with Crippen molar-refractivity contribution >= 4 is 11.5 Å². The van der Waals surface area contributed by atoms with Crippen molar-refractivity contribution in [2.45, 2.75) is 25.8 Å². The van der Waals surface area contributed by atoms with Crippen molar-refractivity contribution < 1.29 is 10.2 Å². The summed E-state index contributed by atoms with van der Waals surface area (Å²) in [5, 5.41) is 21.6. The van der Waals surface area contributed by atoms with Crippen molar-refractivity contribution in [3.63, 3.8) is 0 Å². The number of nitrogen functional groups attached to an aromatic ring is 1. The first-order chi connectivity index (χ1) is 7.56. The molecule has 1 aromatic rings. The Morgan fingerprint density at radius 2 is 2.06 bits per heavy atom. The third-order valence-electron chi connectivity index (χ3n) is 2.72. The van der Waals surface area contributed by atoms with Gasteiger partial charge in [0.1, 0.15) is 5.82 Å². The quantitative estimate of drug-likeness (QED) is 0.586. The summed E-state index contributed by atoms with van der Waals surface area (Å²) in [7, 11) is 0. The molecular weight excluding hydrogens is 206 g/mol. The highest BCUT2D eigenvalue weighted by molar-refractivity contribution is 5.62. The minimum absolute atomic E-state index is 0.172. The molecule has 1 heterocycles. The van der Waals surface area contributed by atoms with E-state index in [4.69, 9.17) is 5.73 Å². The molecule has 0 fully saturated rings. The fraction of sp³-hybridized carbons (Fsp3) is 0.545. The summed E-state index contributed by atoms with van der Waals surface area (Å²) in [5.41, 5.74) is 6.52. The zero-order chi connectivity index (χ0) is 12.2. The Kier molecular flexibility index (Phi) is 4.09. The van der Waals surface area contributed by atoms with E-state index in [1.165, 1.54) is 0 Å². The second kappa shape index (κ2) is 5.14. The molecule has 5 heteroatoms. The number of rotatable bonds is 5. The van der Waals surface area contributed by atoms with E-state index in [0.29, 0.717) is 17.9 Å². The molecule has 0 aliphatic heterocycles. The van der Waals surface area contributed by atoms with Crippen LogP contribution in [0.5, 0.6) is 0 Å². The lowest BCUT2D eigenvalue weighted by molar-refractivity contribution is 0.132. The Bertz CT molecular complexity index is 343. The van der Waals surface area contributed by atoms with Crippen molar-refractivity contribution in [3.05, 3.63) is 17.8 Å². The molecular formula is C11H19N3O2. The maximum Gasteiger partial charge on any atom is 0.149 e. The highest BCUT2D eigenvalue weighted by Gasteiger charge is 2.27. The Balaban J connectivity index is 2.93. The van der Waals surface area contributed by atoms with E-state index in [0.717, 1.165) is 5.56 Å². The van der Waals surface area contributed by atoms with Gasteiger partial charge in [-0.25, -0.2) is 4.98 Å². The molecule has 5 nitrogen and oxygen atoms in total. The van der Waals surface area contributed by atoms with Crippen LogP contribution in [0.25, 0.3) is 0 Å². The summed E-state index contributed by atoms with van der Waals surface area (Å²) >= 11 is 0. The summed E-state index contributed by atoms with van der Waals surface area (Å²) in [6.45, 7) is 3.44. The molecule has 1 rings (SSSR count). The number of aryl methyl sites for hydroxylation is 1. The Labute approximate surface area is 95.3 Å². The van der Waals surface area contributed by atoms with Gasteiger partial charge in [-0.05, 0) is 25.0 Å². The predicted octanol–water partition coefficient (Wildman–Crippen LogP) is 0.518. The molecule has 0 aliphatic rings. The van der Waals surface area contributed by atoms with E-state index in [1.54, 1.807) is 12.3 Å². The average Bonchev–Trinajstić information content (AvgIpc) is 2.29. The van der Waals surface area contributed by atoms with Crippen molar-refractivity contribution in [2.75, 3.05) is 24.3 Å². The van der Waals surface area contributed by atoms with Crippen LogP contribution in [0.4, 0.5) is 11.5 Å². The number of nitrogens with one attached hydrogen (secondary N) is 1. The lowest BCUT2D eigenvalue weighted by Gasteiger charge is -2.30. The molecule has 0 radical (unpaired) electrons. The van der Waals surface area contributed by atoms with Crippen molar-refractivity contribution in [1.82, 2.24) is 4.98 Å². The molecule has 16 heavy (non-hydrogen) atoms. The molecule has 0 aliphatic carbocycles. The van der Waals surface area contributed by atoms with Gasteiger partial charge >= 0.3 is 0 Å². The first-order valence-corrected chi connectivity index (χ1v) is 5.29. The number of aliphatic hydroxyl groups is 2. The van der Waals surface area contributed by atoms with Crippen LogP contribution >= 0.6 is 0 Å². The summed E-state index contributed by atoms with van der Waals surface area (Å²) in [6.07, 6.45) is 2.27. The fourth-order valence-electron chi connectivity index (χ4n) is 1.39. The number of aromatic nitrogens is 1. The van der Waals surface area contributed by atoms with Crippen LogP contribution in [0, 0.1) is 6.92 Å². The van der Waals surface area contributed by atoms with Crippen LogP contribution in [0.2, 0.25) is 0 Å². The zero-order valence-corrected chi connectivity index (χ0v) is 9.70. The van der Waals surface area contributed by atoms with Crippen LogP contribution in [-0.4, -0.2) is 33.9 Å². The van der Waals surface area contributed by atoms with E-state index < -0.39 is 5.54 Å². The van der Waals surface area contributed by atoms with Gasteiger partial charge in [-0.3, -0.25) is 0 Å². The van der Waals surface area contributed by atoms with Gasteiger partial charge in [0, 0.05) is 6.20 Å². The summed E-state index contributed by atoms with van der Waals surface area (Å²) < 4.78 is 0. The third-order valence-corrected chi connectivity index (χ3v) is 2.72. The van der Waals surface area contributed by atoms with E-state index in [1.807, 2.05) is 13.8 Å². The van der Waals surface area contributed by atoms with E-state index in [9.17, 15) is 10.2 Å². The fourth-order valence-corrected chi connectivity index (χ4v) is 1.39. The topological polar surface area (TPSA) is 91.4 Å². The lowest BCUT2D eigenvalue weighted by atomic mass is 9.98. The minimum Gasteiger partial charge on any atom is -0.396 e. The van der Waals surface area contributed by atoms with E-state index >= 15 is 0 Å². The predicted molar refractivity (Wildman–Crippen MR) is 64.2 cm³/mol. The normalized spacial score (nSPS) is 11.5. The first-order valence-electron chi connectivity index (χ1n) is 5.29. The molecule has 0 unspecified atom stereocenters. The molecule has 1 aromatic heterocycles. The van der Waals surface area contributed by atoms with Gasteiger partial charge in [-0.2, -0.15) is 0 Å². The molecule has 90 valence electrons. The van der Waals surface area contributed by atoms with Crippen LogP contribution in [0.15, 0.2) is 12.3 Å². The molecule has 0 aromatic carbocycles. The molecule has 0 saturated heterocycles. The van der Waals surface area contributed by atoms with Gasteiger partial charge in [0.2, 0.25) is 0 Å². The highest BCUT2D eigenvalue weighted by atomic mass is 16.3. The summed E-state index contributed by atoms with van der Waals surface area (Å²) in [4.78, 5) is 4.15. The number of aliphatic hydroxyl groups excluding tert-OH is 2. The van der Waals surface area contributed by atoms with Gasteiger partial charge < -0.3 is 21.3 Å². The molecule has 0 bridgehead atoms. The maximum atomic E-state index is 9.29. The lowest BCUT2D eigenvalue weighted by Crippen LogP contribution is -2.45. The Morgan fingerprint density at radius 1 is 1.44 bits per heavy atom. The van der Waals surface area contributed by atoms with Gasteiger partial charge in [-0.15, -0.1) is 0 Å². The first kappa shape index (κ1) is 12.7. The van der Waals surface area contributed by atoms with Crippen molar-refractivity contribution in [3.8, 4) is 0 Å². The monoisotopic (exact) mass is 225 g/mol. The summed E-state index contributed by atoms with van der Waals surface area (Å²) in [6, 6.07) is 1.80.